The van der Waals surface area contributed by atoms with Crippen LogP contribution in [0.5, 0.6) is 0 Å². The molecule has 0 saturated heterocycles. The molecule has 1 aromatic carbocycles. The lowest BCUT2D eigenvalue weighted by atomic mass is 10.2. The first-order valence-electron chi connectivity index (χ1n) is 6.19. The molecule has 8 nitrogen and oxygen atoms in total. The third-order valence-electron chi connectivity index (χ3n) is 2.83. The molecule has 0 unspecified atom stereocenters. The largest absolute Gasteiger partial charge is 0.481 e. The number of benzene rings is 1. The van der Waals surface area contributed by atoms with Gasteiger partial charge in [-0.05, 0) is 19.1 Å². The standard InChI is InChI=1S/C13H13N3O5S/c1-8-10(7-11(17)18)12(19)15-13(14-8)16-22(20,21)9-5-3-2-4-6-9/h2-6H,7H2,1H3,(H,17,18)(H2,14,15,16,19). The summed E-state index contributed by atoms with van der Waals surface area (Å²) in [5.41, 5.74) is -0.562. The maximum atomic E-state index is 12.1. The molecule has 1 heterocycles. The van der Waals surface area contributed by atoms with Crippen LogP contribution < -0.4 is 10.3 Å². The van der Waals surface area contributed by atoms with Crippen LogP contribution in [0.15, 0.2) is 40.0 Å². The number of hydrogen-bond donors (Lipinski definition) is 3. The van der Waals surface area contributed by atoms with Crippen molar-refractivity contribution in [2.75, 3.05) is 4.72 Å². The molecule has 9 heteroatoms. The van der Waals surface area contributed by atoms with Gasteiger partial charge in [0, 0.05) is 5.56 Å². The molecule has 0 saturated carbocycles. The van der Waals surface area contributed by atoms with Gasteiger partial charge in [-0.25, -0.2) is 18.1 Å². The molecular weight excluding hydrogens is 310 g/mol. The molecule has 2 aromatic rings. The van der Waals surface area contributed by atoms with Gasteiger partial charge in [-0.1, -0.05) is 18.2 Å². The zero-order valence-electron chi connectivity index (χ0n) is 11.5. The van der Waals surface area contributed by atoms with E-state index in [1.54, 1.807) is 18.2 Å². The molecule has 22 heavy (non-hydrogen) atoms. The van der Waals surface area contributed by atoms with Gasteiger partial charge in [0.05, 0.1) is 17.0 Å². The summed E-state index contributed by atoms with van der Waals surface area (Å²) in [6.45, 7) is 1.44. The third-order valence-corrected chi connectivity index (χ3v) is 4.19. The van der Waals surface area contributed by atoms with Gasteiger partial charge >= 0.3 is 5.97 Å². The van der Waals surface area contributed by atoms with Gasteiger partial charge in [-0.2, -0.15) is 0 Å². The van der Waals surface area contributed by atoms with Gasteiger partial charge < -0.3 is 5.11 Å². The van der Waals surface area contributed by atoms with Crippen molar-refractivity contribution in [2.24, 2.45) is 0 Å². The van der Waals surface area contributed by atoms with E-state index < -0.39 is 28.0 Å². The fraction of sp³-hybridized carbons (Fsp3) is 0.154. The van der Waals surface area contributed by atoms with Crippen molar-refractivity contribution >= 4 is 21.9 Å². The molecule has 0 radical (unpaired) electrons. The molecule has 0 aliphatic heterocycles. The van der Waals surface area contributed by atoms with Crippen LogP contribution in [0.4, 0.5) is 5.95 Å². The second-order valence-corrected chi connectivity index (χ2v) is 6.15. The fourth-order valence-electron chi connectivity index (χ4n) is 1.80. The average molecular weight is 323 g/mol. The van der Waals surface area contributed by atoms with Crippen LogP contribution in [0.1, 0.15) is 11.3 Å². The molecule has 116 valence electrons. The molecule has 2 rings (SSSR count). The molecule has 1 aromatic heterocycles. The molecule has 0 aliphatic rings. The van der Waals surface area contributed by atoms with E-state index in [4.69, 9.17) is 5.11 Å². The maximum Gasteiger partial charge on any atom is 0.308 e. The van der Waals surface area contributed by atoms with Crippen molar-refractivity contribution in [1.29, 1.82) is 0 Å². The van der Waals surface area contributed by atoms with Crippen molar-refractivity contribution in [1.82, 2.24) is 9.97 Å². The Morgan fingerprint density at radius 2 is 1.95 bits per heavy atom. The van der Waals surface area contributed by atoms with Crippen molar-refractivity contribution in [3.8, 4) is 0 Å². The van der Waals surface area contributed by atoms with Crippen LogP contribution in [0.25, 0.3) is 0 Å². The number of anilines is 1. The Labute approximate surface area is 125 Å². The predicted molar refractivity (Wildman–Crippen MR) is 78.2 cm³/mol. The van der Waals surface area contributed by atoms with Gasteiger partial charge in [0.1, 0.15) is 0 Å². The van der Waals surface area contributed by atoms with Gasteiger partial charge in [-0.3, -0.25) is 14.6 Å². The highest BCUT2D eigenvalue weighted by Gasteiger charge is 2.17. The van der Waals surface area contributed by atoms with Gasteiger partial charge in [0.2, 0.25) is 5.95 Å². The van der Waals surface area contributed by atoms with Crippen LogP contribution in [0.2, 0.25) is 0 Å². The molecule has 0 bridgehead atoms. The zero-order valence-corrected chi connectivity index (χ0v) is 12.3. The average Bonchev–Trinajstić information content (AvgIpc) is 2.43. The molecule has 0 fully saturated rings. The molecule has 0 spiro atoms. The first-order valence-corrected chi connectivity index (χ1v) is 7.67. The molecule has 0 atom stereocenters. The second-order valence-electron chi connectivity index (χ2n) is 4.47. The first-order chi connectivity index (χ1) is 10.3. The highest BCUT2D eigenvalue weighted by atomic mass is 32.2. The van der Waals surface area contributed by atoms with Gasteiger partial charge in [0.25, 0.3) is 15.6 Å². The number of sulfonamides is 1. The maximum absolute atomic E-state index is 12.1. The van der Waals surface area contributed by atoms with E-state index in [0.717, 1.165) is 0 Å². The van der Waals surface area contributed by atoms with E-state index in [9.17, 15) is 18.0 Å². The normalized spacial score (nSPS) is 11.1. The predicted octanol–water partition coefficient (Wildman–Crippen LogP) is 0.506. The number of carboxylic acids is 1. The minimum atomic E-state index is -3.88. The van der Waals surface area contributed by atoms with Crippen molar-refractivity contribution in [3.63, 3.8) is 0 Å². The Morgan fingerprint density at radius 3 is 2.50 bits per heavy atom. The van der Waals surface area contributed by atoms with Crippen LogP contribution >= 0.6 is 0 Å². The van der Waals surface area contributed by atoms with Crippen LogP contribution in [-0.4, -0.2) is 29.5 Å². The molecule has 0 aliphatic carbocycles. The van der Waals surface area contributed by atoms with E-state index >= 15 is 0 Å². The van der Waals surface area contributed by atoms with E-state index in [1.807, 2.05) is 0 Å². The second kappa shape index (κ2) is 5.98. The molecule has 3 N–H and O–H groups in total. The van der Waals surface area contributed by atoms with Crippen LogP contribution in [0, 0.1) is 6.92 Å². The van der Waals surface area contributed by atoms with Crippen LogP contribution in [0.3, 0.4) is 0 Å². The Morgan fingerprint density at radius 1 is 1.32 bits per heavy atom. The fourth-order valence-corrected chi connectivity index (χ4v) is 2.79. The van der Waals surface area contributed by atoms with Crippen molar-refractivity contribution in [2.45, 2.75) is 18.2 Å². The summed E-state index contributed by atoms with van der Waals surface area (Å²) in [6.07, 6.45) is -0.486. The van der Waals surface area contributed by atoms with E-state index in [0.29, 0.717) is 0 Å². The highest BCUT2D eigenvalue weighted by molar-refractivity contribution is 7.92. The number of aryl methyl sites for hydroxylation is 1. The minimum Gasteiger partial charge on any atom is -0.481 e. The minimum absolute atomic E-state index is 0.0184. The number of H-pyrrole nitrogens is 1. The lowest BCUT2D eigenvalue weighted by Crippen LogP contribution is -2.23. The summed E-state index contributed by atoms with van der Waals surface area (Å²) in [7, 11) is -3.88. The smallest absolute Gasteiger partial charge is 0.308 e. The Kier molecular flexibility index (Phi) is 4.27. The highest BCUT2D eigenvalue weighted by Crippen LogP contribution is 2.12. The summed E-state index contributed by atoms with van der Waals surface area (Å²) >= 11 is 0. The number of hydrogen-bond acceptors (Lipinski definition) is 5. The lowest BCUT2D eigenvalue weighted by molar-refractivity contribution is -0.136. The monoisotopic (exact) mass is 323 g/mol. The van der Waals surface area contributed by atoms with E-state index in [2.05, 4.69) is 14.7 Å². The first kappa shape index (κ1) is 15.7. The Hall–Kier alpha value is -2.68. The number of aromatic amines is 1. The van der Waals surface area contributed by atoms with Crippen molar-refractivity contribution in [3.05, 3.63) is 51.9 Å². The summed E-state index contributed by atoms with van der Waals surface area (Å²) in [5.74, 6) is -1.44. The van der Waals surface area contributed by atoms with Gasteiger partial charge in [0.15, 0.2) is 0 Å². The van der Waals surface area contributed by atoms with Crippen molar-refractivity contribution < 1.29 is 18.3 Å². The molecule has 0 amide bonds. The quantitative estimate of drug-likeness (QED) is 0.735. The van der Waals surface area contributed by atoms with E-state index in [-0.39, 0.29) is 22.1 Å². The summed E-state index contributed by atoms with van der Waals surface area (Å²) in [4.78, 5) is 28.6. The number of nitrogens with one attached hydrogen (secondary N) is 2. The summed E-state index contributed by atoms with van der Waals surface area (Å²) in [6, 6.07) is 7.58. The number of rotatable bonds is 5. The SMILES string of the molecule is Cc1nc(NS(=O)(=O)c2ccccc2)[nH]c(=O)c1CC(=O)O. The topological polar surface area (TPSA) is 129 Å². The number of nitrogens with zero attached hydrogens (tertiary/aromatic N) is 1. The number of aliphatic carboxylic acids is 1. The Balaban J connectivity index is 2.36. The lowest BCUT2D eigenvalue weighted by Gasteiger charge is -2.09. The summed E-state index contributed by atoms with van der Waals surface area (Å²) < 4.78 is 26.4. The number of aromatic nitrogens is 2. The molecular formula is C13H13N3O5S. The van der Waals surface area contributed by atoms with Gasteiger partial charge in [-0.15, -0.1) is 0 Å². The summed E-state index contributed by atoms with van der Waals surface area (Å²) in [5, 5.41) is 8.73. The van der Waals surface area contributed by atoms with Crippen LogP contribution in [-0.2, 0) is 21.2 Å². The number of carboxylic acid groups (broad SMARTS) is 1. The third kappa shape index (κ3) is 3.50. The number of carbonyl (C=O) groups is 1. The zero-order chi connectivity index (χ0) is 16.3. The van der Waals surface area contributed by atoms with E-state index in [1.165, 1.54) is 19.1 Å². The Bertz CT molecular complexity index is 859.